The molecule has 4 nitrogen and oxygen atoms in total. The second kappa shape index (κ2) is 9.49. The van der Waals surface area contributed by atoms with Crippen LogP contribution in [0.5, 0.6) is 0 Å². The summed E-state index contributed by atoms with van der Waals surface area (Å²) in [5.41, 5.74) is 7.53. The molecule has 0 bridgehead atoms. The molecule has 2 unspecified atom stereocenters. The third-order valence-corrected chi connectivity index (χ3v) is 6.85. The van der Waals surface area contributed by atoms with Crippen molar-refractivity contribution in [3.63, 3.8) is 0 Å². The van der Waals surface area contributed by atoms with E-state index in [1.54, 1.807) is 0 Å². The molecule has 2 heterocycles. The molecule has 4 rings (SSSR count). The van der Waals surface area contributed by atoms with Gasteiger partial charge in [-0.1, -0.05) is 13.8 Å². The largest absolute Gasteiger partial charge is 1.00 e. The molecule has 1 aliphatic heterocycles. The van der Waals surface area contributed by atoms with Crippen LogP contribution in [0.4, 0.5) is 11.4 Å². The van der Waals surface area contributed by atoms with E-state index in [1.165, 1.54) is 31.9 Å². The van der Waals surface area contributed by atoms with Gasteiger partial charge in [-0.3, -0.25) is 0 Å². The van der Waals surface area contributed by atoms with Gasteiger partial charge in [0.25, 0.3) is 9.40 Å². The zero-order chi connectivity index (χ0) is 20.7. The van der Waals surface area contributed by atoms with Gasteiger partial charge < -0.3 is 38.5 Å². The minimum atomic E-state index is 0. The molecule has 1 saturated heterocycles. The van der Waals surface area contributed by atoms with Crippen LogP contribution < -0.4 is 33.8 Å². The highest BCUT2D eigenvalue weighted by molar-refractivity contribution is 7.24. The van der Waals surface area contributed by atoms with Gasteiger partial charge in [0.2, 0.25) is 11.3 Å². The molecule has 1 aliphatic rings. The van der Waals surface area contributed by atoms with E-state index in [2.05, 4.69) is 75.9 Å². The first kappa shape index (κ1) is 23.4. The third-order valence-electron chi connectivity index (χ3n) is 5.78. The Morgan fingerprint density at radius 1 is 0.967 bits per heavy atom. The summed E-state index contributed by atoms with van der Waals surface area (Å²) in [4.78, 5) is 9.84. The number of nitrogens with zero attached hydrogens (tertiary/aromatic N) is 3. The summed E-state index contributed by atoms with van der Waals surface area (Å²) in [5.74, 6) is 0. The van der Waals surface area contributed by atoms with E-state index in [1.807, 2.05) is 11.3 Å². The Morgan fingerprint density at radius 3 is 2.10 bits per heavy atom. The minimum Gasteiger partial charge on any atom is -1.00 e. The van der Waals surface area contributed by atoms with Crippen molar-refractivity contribution in [1.82, 2.24) is 4.98 Å². The van der Waals surface area contributed by atoms with Gasteiger partial charge in [0.1, 0.15) is 11.0 Å². The normalized spacial score (nSPS) is 19.2. The fourth-order valence-electron chi connectivity index (χ4n) is 4.31. The van der Waals surface area contributed by atoms with E-state index in [9.17, 15) is 0 Å². The van der Waals surface area contributed by atoms with E-state index in [0.717, 1.165) is 37.0 Å². The number of anilines is 2. The number of benzene rings is 2. The Morgan fingerprint density at radius 2 is 1.53 bits per heavy atom. The summed E-state index contributed by atoms with van der Waals surface area (Å²) in [6.07, 6.45) is 2.50. The predicted octanol–water partition coefficient (Wildman–Crippen LogP) is 2.54. The molecule has 0 radical (unpaired) electrons. The summed E-state index contributed by atoms with van der Waals surface area (Å²) in [6.45, 7) is 10.7. The van der Waals surface area contributed by atoms with Gasteiger partial charge in [-0.05, 0) is 49.9 Å². The second-order valence-electron chi connectivity index (χ2n) is 8.38. The van der Waals surface area contributed by atoms with Crippen LogP contribution in [0.1, 0.15) is 38.8 Å². The molecule has 2 aromatic carbocycles. The van der Waals surface area contributed by atoms with Gasteiger partial charge in [0, 0.05) is 50.7 Å². The first-order valence-corrected chi connectivity index (χ1v) is 11.5. The number of fused-ring (bicyclic) bond motifs is 2. The zero-order valence-electron chi connectivity index (χ0n) is 18.8. The highest BCUT2D eigenvalue weighted by Gasteiger charge is 2.25. The van der Waals surface area contributed by atoms with Gasteiger partial charge in [0.05, 0.1) is 12.2 Å². The van der Waals surface area contributed by atoms with Crippen LogP contribution >= 0.6 is 11.3 Å². The van der Waals surface area contributed by atoms with Crippen LogP contribution in [0.2, 0.25) is 0 Å². The van der Waals surface area contributed by atoms with Crippen LogP contribution in [0.25, 0.3) is 20.4 Å². The lowest BCUT2D eigenvalue weighted by molar-refractivity contribution is -0.00526. The Labute approximate surface area is 201 Å². The minimum absolute atomic E-state index is 0. The molecule has 0 N–H and O–H groups in total. The molecular weight excluding hydrogens is 505 g/mol. The van der Waals surface area contributed by atoms with E-state index in [0.29, 0.717) is 0 Å². The van der Waals surface area contributed by atoms with Crippen molar-refractivity contribution in [2.24, 2.45) is 0 Å². The lowest BCUT2D eigenvalue weighted by Gasteiger charge is -2.36. The van der Waals surface area contributed by atoms with Gasteiger partial charge in [-0.2, -0.15) is 0 Å². The molecule has 0 aliphatic carbocycles. The maximum absolute atomic E-state index is 5.94. The summed E-state index contributed by atoms with van der Waals surface area (Å²) >= 11 is 1.87. The van der Waals surface area contributed by atoms with Crippen molar-refractivity contribution < 1.29 is 28.7 Å². The van der Waals surface area contributed by atoms with Crippen LogP contribution in [0, 0.1) is 0 Å². The molecule has 30 heavy (non-hydrogen) atoms. The van der Waals surface area contributed by atoms with Crippen molar-refractivity contribution in [1.29, 1.82) is 0 Å². The van der Waals surface area contributed by atoms with E-state index < -0.39 is 0 Å². The van der Waals surface area contributed by atoms with Crippen molar-refractivity contribution in [3.8, 4) is 0 Å². The number of rotatable bonds is 4. The van der Waals surface area contributed by atoms with Gasteiger partial charge in [-0.15, -0.1) is 0 Å². The van der Waals surface area contributed by atoms with E-state index in [4.69, 9.17) is 9.72 Å². The molecule has 1 fully saturated rings. The van der Waals surface area contributed by atoms with Crippen LogP contribution in [-0.2, 0) is 17.6 Å². The number of hydrogen-bond acceptors (Lipinski definition) is 4. The SMILES string of the molecule is CCc1cc(N(C)C)cc2[s+]c3cc(N4CC(C)OC(C)C4)cc(CC)c3nc12.[I-]. The lowest BCUT2D eigenvalue weighted by Crippen LogP contribution is -3.00. The fourth-order valence-corrected chi connectivity index (χ4v) is 5.45. The summed E-state index contributed by atoms with van der Waals surface area (Å²) in [7, 11) is 4.21. The average Bonchev–Trinajstić information content (AvgIpc) is 2.69. The molecule has 0 amide bonds. The van der Waals surface area contributed by atoms with E-state index in [-0.39, 0.29) is 36.2 Å². The first-order chi connectivity index (χ1) is 13.9. The summed E-state index contributed by atoms with van der Waals surface area (Å²) in [6, 6.07) is 9.25. The number of morpholine rings is 1. The third kappa shape index (κ3) is 4.50. The Kier molecular flexibility index (Phi) is 7.40. The van der Waals surface area contributed by atoms with Gasteiger partial charge in [0.15, 0.2) is 0 Å². The van der Waals surface area contributed by atoms with Crippen molar-refractivity contribution >= 4 is 43.1 Å². The van der Waals surface area contributed by atoms with Crippen molar-refractivity contribution in [2.45, 2.75) is 52.7 Å². The number of aryl methyl sites for hydroxylation is 2. The Bertz CT molecular complexity index is 1050. The van der Waals surface area contributed by atoms with Crippen molar-refractivity contribution in [3.05, 3.63) is 35.4 Å². The molecule has 6 heteroatoms. The monoisotopic (exact) mass is 537 g/mol. The summed E-state index contributed by atoms with van der Waals surface area (Å²) < 4.78 is 8.49. The number of hydrogen-bond donors (Lipinski definition) is 0. The van der Waals surface area contributed by atoms with Gasteiger partial charge in [-0.25, -0.2) is 4.98 Å². The molecule has 0 spiro atoms. The molecule has 2 atom stereocenters. The molecular formula is C24H32IN3OS. The standard InChI is InChI=1S/C24H32N3OS.HI/c1-7-17-9-19(26(5)6)11-21-23(17)25-24-18(8-2)10-20(12-22(24)29-21)27-13-15(3)28-16(4)14-27;/h9-12,15-16H,7-8,13-14H2,1-6H3;1H/q+1;/p-1. The molecule has 0 saturated carbocycles. The highest BCUT2D eigenvalue weighted by atomic mass is 127. The molecule has 3 aromatic rings. The van der Waals surface area contributed by atoms with Crippen molar-refractivity contribution in [2.75, 3.05) is 37.0 Å². The topological polar surface area (TPSA) is 28.6 Å². The quantitative estimate of drug-likeness (QED) is 0.291. The average molecular weight is 538 g/mol. The van der Waals surface area contributed by atoms with Crippen LogP contribution in [0.15, 0.2) is 24.3 Å². The number of aromatic nitrogens is 1. The van der Waals surface area contributed by atoms with Crippen LogP contribution in [-0.4, -0.2) is 44.4 Å². The molecule has 1 aromatic heterocycles. The summed E-state index contributed by atoms with van der Waals surface area (Å²) in [5, 5.41) is 0. The van der Waals surface area contributed by atoms with Crippen LogP contribution in [0.3, 0.4) is 0 Å². The Balaban J connectivity index is 0.00000256. The maximum atomic E-state index is 5.94. The predicted molar refractivity (Wildman–Crippen MR) is 127 cm³/mol. The van der Waals surface area contributed by atoms with Gasteiger partial charge >= 0.3 is 0 Å². The lowest BCUT2D eigenvalue weighted by atomic mass is 10.1. The zero-order valence-corrected chi connectivity index (χ0v) is 21.8. The fraction of sp³-hybridized carbons (Fsp3) is 0.500. The maximum Gasteiger partial charge on any atom is 0.259 e. The first-order valence-electron chi connectivity index (χ1n) is 10.7. The number of ether oxygens (including phenoxy) is 1. The highest BCUT2D eigenvalue weighted by Crippen LogP contribution is 2.36. The smallest absolute Gasteiger partial charge is 0.259 e. The molecule has 162 valence electrons. The van der Waals surface area contributed by atoms with E-state index >= 15 is 0 Å². The Hall–Kier alpha value is -1.25. The second-order valence-corrected chi connectivity index (χ2v) is 9.46. The number of halogens is 1.